The van der Waals surface area contributed by atoms with Gasteiger partial charge < -0.3 is 20.9 Å². The number of carbonyl (C=O) groups excluding carboxylic acids is 2. The molecule has 2 aromatic rings. The topological polar surface area (TPSA) is 85.8 Å². The van der Waals surface area contributed by atoms with Gasteiger partial charge in [0.15, 0.2) is 5.96 Å². The maximum Gasteiger partial charge on any atom is 0.253 e. The van der Waals surface area contributed by atoms with E-state index in [4.69, 9.17) is 11.6 Å². The lowest BCUT2D eigenvalue weighted by Crippen LogP contribution is -2.41. The van der Waals surface area contributed by atoms with E-state index in [0.29, 0.717) is 41.7 Å². The fraction of sp³-hybridized carbons (Fsp3) is 0.348. The van der Waals surface area contributed by atoms with E-state index in [2.05, 4.69) is 20.9 Å². The van der Waals surface area contributed by atoms with Gasteiger partial charge in [0.2, 0.25) is 0 Å². The van der Waals surface area contributed by atoms with Crippen LogP contribution in [-0.2, 0) is 6.42 Å². The highest BCUT2D eigenvalue weighted by Gasteiger charge is 2.08. The summed E-state index contributed by atoms with van der Waals surface area (Å²) in [5.74, 6) is 0.525. The SMILES string of the molecule is CCNC(=NCCc1cccc(C(=O)N(C)C)c1)NCCNC(=O)c1ccc(Cl)cc1. The Labute approximate surface area is 188 Å². The van der Waals surface area contributed by atoms with Gasteiger partial charge in [-0.15, -0.1) is 0 Å². The van der Waals surface area contributed by atoms with Crippen molar-refractivity contribution in [1.29, 1.82) is 0 Å². The minimum absolute atomic E-state index is 0.0130. The Morgan fingerprint density at radius 1 is 0.968 bits per heavy atom. The predicted molar refractivity (Wildman–Crippen MR) is 126 cm³/mol. The summed E-state index contributed by atoms with van der Waals surface area (Å²) in [7, 11) is 3.48. The largest absolute Gasteiger partial charge is 0.357 e. The van der Waals surface area contributed by atoms with Gasteiger partial charge >= 0.3 is 0 Å². The fourth-order valence-corrected chi connectivity index (χ4v) is 2.94. The zero-order chi connectivity index (χ0) is 22.6. The monoisotopic (exact) mass is 443 g/mol. The average Bonchev–Trinajstić information content (AvgIpc) is 2.76. The Bertz CT molecular complexity index is 897. The lowest BCUT2D eigenvalue weighted by atomic mass is 10.1. The van der Waals surface area contributed by atoms with Crippen molar-refractivity contribution in [1.82, 2.24) is 20.9 Å². The zero-order valence-electron chi connectivity index (χ0n) is 18.2. The van der Waals surface area contributed by atoms with Crippen LogP contribution >= 0.6 is 11.6 Å². The second-order valence-corrected chi connectivity index (χ2v) is 7.54. The Kier molecular flexibility index (Phi) is 9.84. The first-order chi connectivity index (χ1) is 14.9. The van der Waals surface area contributed by atoms with Crippen LogP contribution in [0.25, 0.3) is 0 Å². The quantitative estimate of drug-likeness (QED) is 0.316. The second-order valence-electron chi connectivity index (χ2n) is 7.10. The lowest BCUT2D eigenvalue weighted by molar-refractivity contribution is 0.0827. The van der Waals surface area contributed by atoms with E-state index < -0.39 is 0 Å². The van der Waals surface area contributed by atoms with Gasteiger partial charge in [-0.2, -0.15) is 0 Å². The molecule has 0 unspecified atom stereocenters. The average molecular weight is 444 g/mol. The summed E-state index contributed by atoms with van der Waals surface area (Å²) >= 11 is 5.84. The van der Waals surface area contributed by atoms with Crippen LogP contribution in [0.3, 0.4) is 0 Å². The molecule has 0 atom stereocenters. The van der Waals surface area contributed by atoms with Crippen LogP contribution in [0.2, 0.25) is 5.02 Å². The number of hydrogen-bond donors (Lipinski definition) is 3. The van der Waals surface area contributed by atoms with Crippen LogP contribution in [-0.4, -0.2) is 62.9 Å². The second kappa shape index (κ2) is 12.6. The maximum atomic E-state index is 12.1. The molecule has 2 rings (SSSR count). The van der Waals surface area contributed by atoms with Gasteiger partial charge in [0, 0.05) is 56.4 Å². The minimum Gasteiger partial charge on any atom is -0.357 e. The minimum atomic E-state index is -0.146. The van der Waals surface area contributed by atoms with Crippen molar-refractivity contribution in [2.24, 2.45) is 4.99 Å². The highest BCUT2D eigenvalue weighted by molar-refractivity contribution is 6.30. The molecule has 166 valence electrons. The highest BCUT2D eigenvalue weighted by atomic mass is 35.5. The van der Waals surface area contributed by atoms with Crippen LogP contribution in [0, 0.1) is 0 Å². The molecule has 0 bridgehead atoms. The molecule has 31 heavy (non-hydrogen) atoms. The zero-order valence-corrected chi connectivity index (χ0v) is 19.0. The van der Waals surface area contributed by atoms with Gasteiger partial charge in [-0.25, -0.2) is 0 Å². The number of carbonyl (C=O) groups is 2. The third kappa shape index (κ3) is 8.30. The maximum absolute atomic E-state index is 12.1. The number of amides is 2. The van der Waals surface area contributed by atoms with Crippen LogP contribution in [0.1, 0.15) is 33.2 Å². The summed E-state index contributed by atoms with van der Waals surface area (Å²) in [6.07, 6.45) is 0.721. The Balaban J connectivity index is 1.81. The number of aliphatic imine (C=N–C) groups is 1. The molecule has 0 aliphatic carbocycles. The van der Waals surface area contributed by atoms with Crippen molar-refractivity contribution >= 4 is 29.4 Å². The third-order valence-electron chi connectivity index (χ3n) is 4.40. The van der Waals surface area contributed by atoms with Crippen molar-refractivity contribution in [3.8, 4) is 0 Å². The van der Waals surface area contributed by atoms with E-state index >= 15 is 0 Å². The van der Waals surface area contributed by atoms with Gasteiger partial charge in [-0.1, -0.05) is 23.7 Å². The molecule has 0 spiro atoms. The molecule has 3 N–H and O–H groups in total. The molecular formula is C23H30ClN5O2. The van der Waals surface area contributed by atoms with Crippen molar-refractivity contribution in [2.45, 2.75) is 13.3 Å². The standard InChI is InChI=1S/C23H30ClN5O2/c1-4-25-23(28-15-14-26-21(30)18-8-10-20(24)11-9-18)27-13-12-17-6-5-7-19(16-17)22(31)29(2)3/h5-11,16H,4,12-15H2,1-3H3,(H,26,30)(H2,25,27,28). The molecule has 0 heterocycles. The summed E-state index contributed by atoms with van der Waals surface area (Å²) in [5, 5.41) is 9.86. The first-order valence-electron chi connectivity index (χ1n) is 10.3. The van der Waals surface area contributed by atoms with E-state index in [0.717, 1.165) is 18.5 Å². The Hall–Kier alpha value is -3.06. The molecule has 2 amide bonds. The summed E-state index contributed by atoms with van der Waals surface area (Å²) in [6, 6.07) is 14.4. The smallest absolute Gasteiger partial charge is 0.253 e. The van der Waals surface area contributed by atoms with Gasteiger partial charge in [0.25, 0.3) is 11.8 Å². The summed E-state index contributed by atoms with van der Waals surface area (Å²) in [6.45, 7) is 4.30. The van der Waals surface area contributed by atoms with Crippen LogP contribution in [0.5, 0.6) is 0 Å². The normalized spacial score (nSPS) is 11.0. The van der Waals surface area contributed by atoms with Crippen LogP contribution < -0.4 is 16.0 Å². The molecule has 0 radical (unpaired) electrons. The van der Waals surface area contributed by atoms with E-state index in [1.165, 1.54) is 0 Å². The van der Waals surface area contributed by atoms with E-state index in [9.17, 15) is 9.59 Å². The van der Waals surface area contributed by atoms with E-state index in [1.807, 2.05) is 31.2 Å². The number of guanidine groups is 1. The molecule has 0 aromatic heterocycles. The van der Waals surface area contributed by atoms with Crippen molar-refractivity contribution in [3.63, 3.8) is 0 Å². The molecule has 0 aliphatic rings. The third-order valence-corrected chi connectivity index (χ3v) is 4.66. The number of nitrogens with zero attached hydrogens (tertiary/aromatic N) is 2. The molecule has 0 fully saturated rings. The van der Waals surface area contributed by atoms with Gasteiger partial charge in [-0.05, 0) is 55.3 Å². The molecule has 7 nitrogen and oxygen atoms in total. The van der Waals surface area contributed by atoms with Crippen LogP contribution in [0.4, 0.5) is 0 Å². The lowest BCUT2D eigenvalue weighted by Gasteiger charge is -2.12. The molecule has 0 aliphatic heterocycles. The van der Waals surface area contributed by atoms with Gasteiger partial charge in [0.05, 0.1) is 0 Å². The predicted octanol–water partition coefficient (Wildman–Crippen LogP) is 2.57. The Morgan fingerprint density at radius 2 is 1.68 bits per heavy atom. The number of rotatable bonds is 9. The molecule has 2 aromatic carbocycles. The number of benzene rings is 2. The summed E-state index contributed by atoms with van der Waals surface area (Å²) in [5.41, 5.74) is 2.30. The number of halogens is 1. The van der Waals surface area contributed by atoms with E-state index in [1.54, 1.807) is 43.3 Å². The van der Waals surface area contributed by atoms with Crippen molar-refractivity contribution in [3.05, 3.63) is 70.2 Å². The fourth-order valence-electron chi connectivity index (χ4n) is 2.82. The summed E-state index contributed by atoms with van der Waals surface area (Å²) in [4.78, 5) is 30.4. The molecule has 0 saturated heterocycles. The number of nitrogens with one attached hydrogen (secondary N) is 3. The van der Waals surface area contributed by atoms with Gasteiger partial charge in [0.1, 0.15) is 0 Å². The van der Waals surface area contributed by atoms with Crippen molar-refractivity contribution < 1.29 is 9.59 Å². The first-order valence-corrected chi connectivity index (χ1v) is 10.6. The van der Waals surface area contributed by atoms with Crippen LogP contribution in [0.15, 0.2) is 53.5 Å². The van der Waals surface area contributed by atoms with Crippen molar-refractivity contribution in [2.75, 3.05) is 40.3 Å². The summed E-state index contributed by atoms with van der Waals surface area (Å²) < 4.78 is 0. The number of hydrogen-bond acceptors (Lipinski definition) is 3. The molecule has 8 heteroatoms. The molecule has 0 saturated carbocycles. The molecular weight excluding hydrogens is 414 g/mol. The van der Waals surface area contributed by atoms with Gasteiger partial charge in [-0.3, -0.25) is 14.6 Å². The Morgan fingerprint density at radius 3 is 2.35 bits per heavy atom. The highest BCUT2D eigenvalue weighted by Crippen LogP contribution is 2.09. The van der Waals surface area contributed by atoms with E-state index in [-0.39, 0.29) is 11.8 Å². The first kappa shape index (κ1) is 24.2.